The van der Waals surface area contributed by atoms with E-state index in [9.17, 15) is 4.79 Å². The first kappa shape index (κ1) is 13.7. The van der Waals surface area contributed by atoms with Crippen LogP contribution < -0.4 is 5.73 Å². The summed E-state index contributed by atoms with van der Waals surface area (Å²) < 4.78 is 1.72. The van der Waals surface area contributed by atoms with E-state index in [0.29, 0.717) is 6.54 Å². The Bertz CT molecular complexity index is 391. The summed E-state index contributed by atoms with van der Waals surface area (Å²) in [6.07, 6.45) is 3.65. The van der Waals surface area contributed by atoms with Crippen molar-refractivity contribution in [2.45, 2.75) is 33.4 Å². The van der Waals surface area contributed by atoms with E-state index >= 15 is 0 Å². The van der Waals surface area contributed by atoms with E-state index in [1.54, 1.807) is 22.8 Å². The lowest BCUT2D eigenvalue weighted by Gasteiger charge is -2.29. The van der Waals surface area contributed by atoms with Crippen molar-refractivity contribution < 1.29 is 4.79 Å². The quantitative estimate of drug-likeness (QED) is 0.845. The molecular weight excluding hydrogens is 216 g/mol. The fourth-order valence-electron chi connectivity index (χ4n) is 1.51. The highest BCUT2D eigenvalue weighted by Crippen LogP contribution is 2.19. The summed E-state index contributed by atoms with van der Waals surface area (Å²) in [5, 5.41) is 4.07. The van der Waals surface area contributed by atoms with E-state index in [1.165, 1.54) is 0 Å². The number of hydrogen-bond donors (Lipinski definition) is 1. The van der Waals surface area contributed by atoms with E-state index in [0.717, 1.165) is 5.56 Å². The second-order valence-electron chi connectivity index (χ2n) is 5.56. The van der Waals surface area contributed by atoms with Crippen LogP contribution in [0, 0.1) is 5.41 Å². The molecule has 0 radical (unpaired) electrons. The van der Waals surface area contributed by atoms with Crippen molar-refractivity contribution in [3.8, 4) is 0 Å². The van der Waals surface area contributed by atoms with E-state index in [4.69, 9.17) is 5.73 Å². The Hall–Kier alpha value is -1.36. The van der Waals surface area contributed by atoms with Gasteiger partial charge in [0.25, 0.3) is 0 Å². The molecule has 0 bridgehead atoms. The lowest BCUT2D eigenvalue weighted by atomic mass is 9.86. The van der Waals surface area contributed by atoms with Crippen LogP contribution in [0.4, 0.5) is 0 Å². The molecule has 0 saturated heterocycles. The second-order valence-corrected chi connectivity index (χ2v) is 5.56. The van der Waals surface area contributed by atoms with Crippen molar-refractivity contribution in [1.29, 1.82) is 0 Å². The molecule has 1 rings (SSSR count). The predicted octanol–water partition coefficient (Wildman–Crippen LogP) is 0.752. The van der Waals surface area contributed by atoms with Crippen LogP contribution in [0.25, 0.3) is 0 Å². The molecular formula is C12H22N4O. The number of nitrogens with two attached hydrogens (primary N) is 1. The maximum atomic E-state index is 12.1. The molecule has 0 fully saturated rings. The van der Waals surface area contributed by atoms with Crippen LogP contribution in [-0.4, -0.2) is 33.7 Å². The van der Waals surface area contributed by atoms with E-state index < -0.39 is 6.04 Å². The molecule has 96 valence electrons. The highest BCUT2D eigenvalue weighted by molar-refractivity contribution is 5.82. The summed E-state index contributed by atoms with van der Waals surface area (Å²) in [5.41, 5.74) is 6.72. The molecule has 0 aliphatic heterocycles. The number of rotatable bonds is 3. The minimum Gasteiger partial charge on any atom is -0.340 e. The zero-order valence-electron chi connectivity index (χ0n) is 11.3. The Morgan fingerprint density at radius 2 is 2.18 bits per heavy atom. The van der Waals surface area contributed by atoms with Crippen LogP contribution in [0.1, 0.15) is 26.3 Å². The van der Waals surface area contributed by atoms with Gasteiger partial charge in [-0.05, 0) is 5.41 Å². The fourth-order valence-corrected chi connectivity index (χ4v) is 1.51. The van der Waals surface area contributed by atoms with Crippen LogP contribution in [-0.2, 0) is 18.4 Å². The smallest absolute Gasteiger partial charge is 0.240 e. The summed E-state index contributed by atoms with van der Waals surface area (Å²) >= 11 is 0. The van der Waals surface area contributed by atoms with E-state index in [2.05, 4.69) is 5.10 Å². The molecule has 1 aromatic heterocycles. The van der Waals surface area contributed by atoms with Gasteiger partial charge in [-0.2, -0.15) is 5.10 Å². The summed E-state index contributed by atoms with van der Waals surface area (Å²) in [4.78, 5) is 13.7. The number of carbonyl (C=O) groups is 1. The number of hydrogen-bond acceptors (Lipinski definition) is 3. The summed E-state index contributed by atoms with van der Waals surface area (Å²) in [5.74, 6) is -0.0404. The zero-order chi connectivity index (χ0) is 13.2. The van der Waals surface area contributed by atoms with Crippen molar-refractivity contribution in [2.75, 3.05) is 7.05 Å². The monoisotopic (exact) mass is 238 g/mol. The van der Waals surface area contributed by atoms with Gasteiger partial charge in [-0.1, -0.05) is 20.8 Å². The Balaban J connectivity index is 2.65. The van der Waals surface area contributed by atoms with Gasteiger partial charge < -0.3 is 10.6 Å². The normalized spacial score (nSPS) is 13.5. The van der Waals surface area contributed by atoms with Gasteiger partial charge in [0, 0.05) is 32.4 Å². The molecule has 0 aromatic carbocycles. The average molecular weight is 238 g/mol. The predicted molar refractivity (Wildman–Crippen MR) is 67.1 cm³/mol. The molecule has 0 aliphatic carbocycles. The van der Waals surface area contributed by atoms with Crippen molar-refractivity contribution >= 4 is 5.91 Å². The summed E-state index contributed by atoms with van der Waals surface area (Å²) in [7, 11) is 3.62. The molecule has 1 amide bonds. The van der Waals surface area contributed by atoms with Crippen LogP contribution in [0.3, 0.4) is 0 Å². The lowest BCUT2D eigenvalue weighted by Crippen LogP contribution is -2.48. The van der Waals surface area contributed by atoms with Crippen LogP contribution in [0.15, 0.2) is 12.4 Å². The molecule has 0 spiro atoms. The largest absolute Gasteiger partial charge is 0.340 e. The van der Waals surface area contributed by atoms with Crippen molar-refractivity contribution in [2.24, 2.45) is 18.2 Å². The highest BCUT2D eigenvalue weighted by atomic mass is 16.2. The highest BCUT2D eigenvalue weighted by Gasteiger charge is 2.29. The standard InChI is InChI=1S/C12H22N4O/c1-12(2,3)10(13)11(17)15(4)7-9-6-14-16(5)8-9/h6,8,10H,7,13H2,1-5H3/t10-/m1/s1. The van der Waals surface area contributed by atoms with Gasteiger partial charge in [0.15, 0.2) is 0 Å². The molecule has 1 atom stereocenters. The molecule has 5 nitrogen and oxygen atoms in total. The van der Waals surface area contributed by atoms with Gasteiger partial charge in [0.1, 0.15) is 0 Å². The van der Waals surface area contributed by atoms with Gasteiger partial charge in [0.2, 0.25) is 5.91 Å². The Labute approximate surface area is 103 Å². The molecule has 0 saturated carbocycles. The maximum absolute atomic E-state index is 12.1. The molecule has 0 aliphatic rings. The van der Waals surface area contributed by atoms with Gasteiger partial charge in [0.05, 0.1) is 12.2 Å². The maximum Gasteiger partial charge on any atom is 0.240 e. The van der Waals surface area contributed by atoms with E-state index in [-0.39, 0.29) is 11.3 Å². The first-order chi connectivity index (χ1) is 7.71. The minimum atomic E-state index is -0.482. The number of aromatic nitrogens is 2. The number of likely N-dealkylation sites (N-methyl/N-ethyl adjacent to an activating group) is 1. The average Bonchev–Trinajstić information content (AvgIpc) is 2.60. The minimum absolute atomic E-state index is 0.0404. The summed E-state index contributed by atoms with van der Waals surface area (Å²) in [6, 6.07) is -0.482. The third-order valence-electron chi connectivity index (χ3n) is 2.75. The van der Waals surface area contributed by atoms with Gasteiger partial charge in [-0.25, -0.2) is 0 Å². The number of carbonyl (C=O) groups excluding carboxylic acids is 1. The fraction of sp³-hybridized carbons (Fsp3) is 0.667. The van der Waals surface area contributed by atoms with Crippen LogP contribution in [0.5, 0.6) is 0 Å². The topological polar surface area (TPSA) is 64.2 Å². The Morgan fingerprint density at radius 3 is 2.59 bits per heavy atom. The molecule has 17 heavy (non-hydrogen) atoms. The van der Waals surface area contributed by atoms with Crippen LogP contribution in [0.2, 0.25) is 0 Å². The Morgan fingerprint density at radius 1 is 1.59 bits per heavy atom. The molecule has 0 unspecified atom stereocenters. The van der Waals surface area contributed by atoms with Crippen molar-refractivity contribution in [1.82, 2.24) is 14.7 Å². The molecule has 5 heteroatoms. The molecule has 1 aromatic rings. The Kier molecular flexibility index (Phi) is 3.93. The third kappa shape index (κ3) is 3.56. The van der Waals surface area contributed by atoms with Crippen molar-refractivity contribution in [3.05, 3.63) is 18.0 Å². The lowest BCUT2D eigenvalue weighted by molar-refractivity contribution is -0.134. The SMILES string of the molecule is CN(Cc1cnn(C)c1)C(=O)[C@@H](N)C(C)(C)C. The van der Waals surface area contributed by atoms with E-state index in [1.807, 2.05) is 34.0 Å². The van der Waals surface area contributed by atoms with Crippen LogP contribution >= 0.6 is 0 Å². The second kappa shape index (κ2) is 4.87. The van der Waals surface area contributed by atoms with Gasteiger partial charge in [-0.3, -0.25) is 9.48 Å². The zero-order valence-corrected chi connectivity index (χ0v) is 11.3. The third-order valence-corrected chi connectivity index (χ3v) is 2.75. The van der Waals surface area contributed by atoms with Gasteiger partial charge in [-0.15, -0.1) is 0 Å². The first-order valence-electron chi connectivity index (χ1n) is 5.70. The first-order valence-corrected chi connectivity index (χ1v) is 5.70. The van der Waals surface area contributed by atoms with Gasteiger partial charge >= 0.3 is 0 Å². The number of amides is 1. The number of aryl methyl sites for hydroxylation is 1. The molecule has 2 N–H and O–H groups in total. The number of nitrogens with zero attached hydrogens (tertiary/aromatic N) is 3. The molecule has 1 heterocycles. The summed E-state index contributed by atoms with van der Waals surface area (Å²) in [6.45, 7) is 6.44. The van der Waals surface area contributed by atoms with Crippen molar-refractivity contribution in [3.63, 3.8) is 0 Å².